The third-order valence-electron chi connectivity index (χ3n) is 1.70. The second-order valence-corrected chi connectivity index (χ2v) is 3.98. The van der Waals surface area contributed by atoms with Gasteiger partial charge in [-0.15, -0.1) is 11.3 Å². The average molecular weight is 169 g/mol. The highest BCUT2D eigenvalue weighted by Gasteiger charge is 1.96. The summed E-state index contributed by atoms with van der Waals surface area (Å²) < 4.78 is 0. The molecule has 0 atom stereocenters. The first-order valence-electron chi connectivity index (χ1n) is 4.16. The van der Waals surface area contributed by atoms with Crippen LogP contribution >= 0.6 is 11.3 Å². The van der Waals surface area contributed by atoms with E-state index in [4.69, 9.17) is 0 Å². The van der Waals surface area contributed by atoms with Crippen LogP contribution in [-0.4, -0.2) is 4.98 Å². The summed E-state index contributed by atoms with van der Waals surface area (Å²) in [5.41, 5.74) is 3.17. The van der Waals surface area contributed by atoms with Crippen LogP contribution in [0.1, 0.15) is 32.4 Å². The van der Waals surface area contributed by atoms with Gasteiger partial charge in [0.05, 0.1) is 11.2 Å². The Morgan fingerprint density at radius 1 is 1.55 bits per heavy atom. The molecule has 11 heavy (non-hydrogen) atoms. The maximum Gasteiger partial charge on any atom is 0.0794 e. The molecule has 0 unspecified atom stereocenters. The Hall–Kier alpha value is -0.370. The lowest BCUT2D eigenvalue weighted by molar-refractivity contribution is 0.553. The van der Waals surface area contributed by atoms with Gasteiger partial charge in [0.1, 0.15) is 0 Å². The summed E-state index contributed by atoms with van der Waals surface area (Å²) in [6, 6.07) is 0. The minimum atomic E-state index is 0.827. The molecule has 0 aliphatic rings. The van der Waals surface area contributed by atoms with E-state index < -0.39 is 0 Å². The van der Waals surface area contributed by atoms with E-state index in [1.807, 2.05) is 5.51 Å². The molecule has 0 aliphatic heterocycles. The molecular formula is C9H15NS. The van der Waals surface area contributed by atoms with Gasteiger partial charge in [-0.1, -0.05) is 20.3 Å². The van der Waals surface area contributed by atoms with Gasteiger partial charge in [-0.25, -0.2) is 4.98 Å². The fourth-order valence-corrected chi connectivity index (χ4v) is 1.65. The van der Waals surface area contributed by atoms with Crippen LogP contribution in [0.15, 0.2) is 10.9 Å². The largest absolute Gasteiger partial charge is 0.250 e. The summed E-state index contributed by atoms with van der Waals surface area (Å²) >= 11 is 1.69. The minimum absolute atomic E-state index is 0.827. The van der Waals surface area contributed by atoms with E-state index in [-0.39, 0.29) is 0 Å². The third-order valence-corrected chi connectivity index (χ3v) is 2.33. The lowest BCUT2D eigenvalue weighted by atomic mass is 10.1. The van der Waals surface area contributed by atoms with Gasteiger partial charge in [-0.05, 0) is 18.8 Å². The molecule has 1 nitrogen and oxygen atoms in total. The molecular weight excluding hydrogens is 154 g/mol. The maximum atomic E-state index is 4.23. The van der Waals surface area contributed by atoms with E-state index in [1.54, 1.807) is 11.3 Å². The van der Waals surface area contributed by atoms with Crippen LogP contribution in [0.3, 0.4) is 0 Å². The van der Waals surface area contributed by atoms with Gasteiger partial charge in [0.25, 0.3) is 0 Å². The van der Waals surface area contributed by atoms with Crippen molar-refractivity contribution in [1.29, 1.82) is 0 Å². The molecule has 0 fully saturated rings. The zero-order chi connectivity index (χ0) is 8.10. The molecule has 0 aromatic carbocycles. The molecule has 1 heterocycles. The van der Waals surface area contributed by atoms with Gasteiger partial charge in [0.15, 0.2) is 0 Å². The van der Waals surface area contributed by atoms with Gasteiger partial charge < -0.3 is 0 Å². The number of aryl methyl sites for hydroxylation is 1. The number of rotatable bonds is 4. The summed E-state index contributed by atoms with van der Waals surface area (Å²) in [5.74, 6) is 0.827. The Morgan fingerprint density at radius 2 is 2.36 bits per heavy atom. The highest BCUT2D eigenvalue weighted by atomic mass is 32.1. The summed E-state index contributed by atoms with van der Waals surface area (Å²) in [5, 5.41) is 2.14. The molecule has 0 saturated carbocycles. The van der Waals surface area contributed by atoms with E-state index in [9.17, 15) is 0 Å². The molecule has 0 bridgehead atoms. The first-order chi connectivity index (χ1) is 5.29. The Kier molecular flexibility index (Phi) is 3.57. The van der Waals surface area contributed by atoms with Crippen LogP contribution < -0.4 is 0 Å². The van der Waals surface area contributed by atoms with Crippen LogP contribution in [-0.2, 0) is 6.42 Å². The predicted molar refractivity (Wildman–Crippen MR) is 49.9 cm³/mol. The number of thiazole rings is 1. The topological polar surface area (TPSA) is 12.9 Å². The molecule has 0 N–H and O–H groups in total. The van der Waals surface area contributed by atoms with Gasteiger partial charge in [0, 0.05) is 5.38 Å². The SMILES string of the molecule is CC(C)CCCc1cscn1. The van der Waals surface area contributed by atoms with Crippen LogP contribution in [0.4, 0.5) is 0 Å². The van der Waals surface area contributed by atoms with Crippen molar-refractivity contribution in [3.63, 3.8) is 0 Å². The zero-order valence-electron chi connectivity index (χ0n) is 7.21. The average Bonchev–Trinajstić information content (AvgIpc) is 2.39. The van der Waals surface area contributed by atoms with Crippen molar-refractivity contribution < 1.29 is 0 Å². The first-order valence-corrected chi connectivity index (χ1v) is 5.10. The molecule has 2 heteroatoms. The Bertz CT molecular complexity index is 179. The molecule has 0 radical (unpaired) electrons. The molecule has 1 aromatic heterocycles. The van der Waals surface area contributed by atoms with Crippen molar-refractivity contribution >= 4 is 11.3 Å². The lowest BCUT2D eigenvalue weighted by Crippen LogP contribution is -1.90. The summed E-state index contributed by atoms with van der Waals surface area (Å²) in [4.78, 5) is 4.23. The second-order valence-electron chi connectivity index (χ2n) is 3.27. The quantitative estimate of drug-likeness (QED) is 0.675. The van der Waals surface area contributed by atoms with Crippen LogP contribution in [0.2, 0.25) is 0 Å². The van der Waals surface area contributed by atoms with E-state index in [1.165, 1.54) is 18.5 Å². The standard InChI is InChI=1S/C9H15NS/c1-8(2)4-3-5-9-6-11-7-10-9/h6-8H,3-5H2,1-2H3. The number of aromatic nitrogens is 1. The van der Waals surface area contributed by atoms with Gasteiger partial charge in [-0.2, -0.15) is 0 Å². The first kappa shape index (κ1) is 8.72. The van der Waals surface area contributed by atoms with E-state index in [0.29, 0.717) is 0 Å². The zero-order valence-corrected chi connectivity index (χ0v) is 8.03. The van der Waals surface area contributed by atoms with Gasteiger partial charge in [-0.3, -0.25) is 0 Å². The maximum absolute atomic E-state index is 4.23. The monoisotopic (exact) mass is 169 g/mol. The highest BCUT2D eigenvalue weighted by Crippen LogP contribution is 2.09. The fraction of sp³-hybridized carbons (Fsp3) is 0.667. The highest BCUT2D eigenvalue weighted by molar-refractivity contribution is 7.07. The molecule has 1 rings (SSSR count). The number of hydrogen-bond acceptors (Lipinski definition) is 2. The Labute approximate surface area is 72.5 Å². The lowest BCUT2D eigenvalue weighted by Gasteiger charge is -2.01. The van der Waals surface area contributed by atoms with E-state index in [0.717, 1.165) is 12.3 Å². The van der Waals surface area contributed by atoms with Crippen molar-refractivity contribution in [2.24, 2.45) is 5.92 Å². The van der Waals surface area contributed by atoms with E-state index >= 15 is 0 Å². The van der Waals surface area contributed by atoms with Gasteiger partial charge >= 0.3 is 0 Å². The fourth-order valence-electron chi connectivity index (χ4n) is 1.05. The Morgan fingerprint density at radius 3 is 2.91 bits per heavy atom. The molecule has 62 valence electrons. The van der Waals surface area contributed by atoms with Crippen LogP contribution in [0.25, 0.3) is 0 Å². The smallest absolute Gasteiger partial charge is 0.0794 e. The van der Waals surface area contributed by atoms with Gasteiger partial charge in [0.2, 0.25) is 0 Å². The van der Waals surface area contributed by atoms with Crippen molar-refractivity contribution in [1.82, 2.24) is 4.98 Å². The third kappa shape index (κ3) is 3.51. The van der Waals surface area contributed by atoms with Crippen molar-refractivity contribution in [2.45, 2.75) is 33.1 Å². The molecule has 1 aromatic rings. The van der Waals surface area contributed by atoms with Crippen molar-refractivity contribution in [3.8, 4) is 0 Å². The molecule has 0 amide bonds. The normalized spacial score (nSPS) is 10.8. The molecule has 0 aliphatic carbocycles. The Balaban J connectivity index is 2.14. The minimum Gasteiger partial charge on any atom is -0.250 e. The summed E-state index contributed by atoms with van der Waals surface area (Å²) in [7, 11) is 0. The van der Waals surface area contributed by atoms with Crippen molar-refractivity contribution in [2.75, 3.05) is 0 Å². The number of hydrogen-bond donors (Lipinski definition) is 0. The van der Waals surface area contributed by atoms with Crippen LogP contribution in [0, 0.1) is 5.92 Å². The van der Waals surface area contributed by atoms with Crippen LogP contribution in [0.5, 0.6) is 0 Å². The number of nitrogens with zero attached hydrogens (tertiary/aromatic N) is 1. The summed E-state index contributed by atoms with van der Waals surface area (Å²) in [6.07, 6.45) is 3.75. The molecule has 0 saturated heterocycles. The molecule has 0 spiro atoms. The second kappa shape index (κ2) is 4.50. The predicted octanol–water partition coefficient (Wildman–Crippen LogP) is 3.12. The van der Waals surface area contributed by atoms with E-state index in [2.05, 4.69) is 24.2 Å². The summed E-state index contributed by atoms with van der Waals surface area (Å²) in [6.45, 7) is 4.53. The van der Waals surface area contributed by atoms with Crippen molar-refractivity contribution in [3.05, 3.63) is 16.6 Å².